The van der Waals surface area contributed by atoms with Crippen LogP contribution in [0, 0.1) is 10.8 Å². The molecule has 8 rings (SSSR count). The summed E-state index contributed by atoms with van der Waals surface area (Å²) in [5.74, 6) is 0. The second-order valence-corrected chi connectivity index (χ2v) is 24.4. The van der Waals surface area contributed by atoms with Gasteiger partial charge in [-0.05, 0) is 94.8 Å². The first-order chi connectivity index (χ1) is 37.2. The van der Waals surface area contributed by atoms with Crippen LogP contribution in [0.15, 0.2) is 243 Å². The molecule has 0 saturated carbocycles. The van der Waals surface area contributed by atoms with Crippen LogP contribution in [0.2, 0.25) is 0 Å². The second-order valence-electron chi connectivity index (χ2n) is 17.4. The van der Waals surface area contributed by atoms with Crippen molar-refractivity contribution in [3.63, 3.8) is 0 Å². The van der Waals surface area contributed by atoms with Crippen LogP contribution in [0.1, 0.15) is 25.0 Å². The van der Waals surface area contributed by atoms with Crippen molar-refractivity contribution in [1.82, 2.24) is 0 Å². The van der Waals surface area contributed by atoms with Gasteiger partial charge in [0, 0.05) is 27.4 Å². The number of rotatable bonds is 16. The van der Waals surface area contributed by atoms with E-state index >= 15 is 0 Å². The first kappa shape index (κ1) is 82.7. The molecule has 0 unspecified atom stereocenters. The summed E-state index contributed by atoms with van der Waals surface area (Å²) in [6, 6.07) is 88.1. The molecule has 18 heteroatoms. The summed E-state index contributed by atoms with van der Waals surface area (Å²) in [6.45, 7) is 0.375. The van der Waals surface area contributed by atoms with Gasteiger partial charge in [0.05, 0.1) is 12.3 Å². The molecule has 0 radical (unpaired) electrons. The zero-order chi connectivity index (χ0) is 56.6. The van der Waals surface area contributed by atoms with Crippen LogP contribution in [0.3, 0.4) is 0 Å². The van der Waals surface area contributed by atoms with Crippen molar-refractivity contribution >= 4 is 46.4 Å². The molecule has 0 bridgehead atoms. The smallest absolute Gasteiger partial charge is 0.0622 e. The zero-order valence-corrected chi connectivity index (χ0v) is 52.9. The molecule has 0 aromatic heterocycles. The Bertz CT molecular complexity index is 2220. The van der Waals surface area contributed by atoms with Crippen LogP contribution < -0.4 is 102 Å². The molecule has 434 valence electrons. The third-order valence-electron chi connectivity index (χ3n) is 11.9. The van der Waals surface area contributed by atoms with Gasteiger partial charge in [-0.2, -0.15) is 0 Å². The summed E-state index contributed by atoms with van der Waals surface area (Å²) in [7, 11) is -1.55. The molecule has 0 saturated heterocycles. The topological polar surface area (TPSA) is 207 Å². The van der Waals surface area contributed by atoms with Crippen LogP contribution in [-0.2, 0) is 54.4 Å². The molecule has 0 fully saturated rings. The Labute approximate surface area is 519 Å². The minimum atomic E-state index is -1.78. The Hall–Kier alpha value is -3.77. The molecule has 10 nitrogen and oxygen atoms in total. The van der Waals surface area contributed by atoms with Crippen molar-refractivity contribution in [3.05, 3.63) is 254 Å². The number of benzene rings is 8. The third-order valence-corrected chi connectivity index (χ3v) is 20.6. The van der Waals surface area contributed by atoms with E-state index in [-0.39, 0.29) is 62.8 Å². The van der Waals surface area contributed by atoms with E-state index in [1.807, 2.05) is 0 Å². The van der Waals surface area contributed by atoms with Crippen LogP contribution in [0.5, 0.6) is 0 Å². The van der Waals surface area contributed by atoms with E-state index in [4.69, 9.17) is 27.8 Å². The average Bonchev–Trinajstić information content (AvgIpc) is 3.53. The van der Waals surface area contributed by atoms with E-state index in [2.05, 4.69) is 243 Å². The Morgan fingerprint density at radius 3 is 0.562 bits per heavy atom. The summed E-state index contributed by atoms with van der Waals surface area (Å²) in [4.78, 5) is 0. The Balaban J connectivity index is -0.000000502. The fraction of sp³-hybridized carbons (Fsp3) is 0.226. The Morgan fingerprint density at radius 1 is 0.312 bits per heavy atom. The fourth-order valence-electron chi connectivity index (χ4n) is 7.52. The number of aliphatic hydroxyl groups is 4. The summed E-state index contributed by atoms with van der Waals surface area (Å²) < 4.78 is 16.4. The predicted molar refractivity (Wildman–Crippen MR) is 298 cm³/mol. The van der Waals surface area contributed by atoms with E-state index in [0.717, 1.165) is 61.3 Å². The molecule has 0 atom stereocenters. The molecule has 0 heterocycles. The Kier molecular flexibility index (Phi) is 50.4. The second kappa shape index (κ2) is 48.7. The van der Waals surface area contributed by atoms with E-state index in [1.165, 1.54) is 56.8 Å². The SMILES string of the molecule is CC(C[O-])(C[O-])CO.CC(C[O-])(C[O-])CO.CO.CO.[Cl-].[Cl-].[Cl-].[Cl-].[O]=[V].[O]=[V].c1ccc(C[P+](c2ccccc2)(c2ccccc2)c2ccccc2)cc1.c1ccc(C[P+](c2ccccc2)(c2ccccc2)c2ccccc2)cc1. The van der Waals surface area contributed by atoms with Gasteiger partial charge in [-0.3, -0.25) is 0 Å². The molecule has 0 aliphatic heterocycles. The van der Waals surface area contributed by atoms with Crippen molar-refractivity contribution in [3.8, 4) is 0 Å². The maximum atomic E-state index is 10.1. The van der Waals surface area contributed by atoms with Gasteiger partial charge in [0.25, 0.3) is 0 Å². The number of hydrogen-bond acceptors (Lipinski definition) is 10. The monoisotopic (exact) mass is 1280 g/mol. The number of aliphatic hydroxyl groups excluding tert-OH is 4. The fourth-order valence-corrected chi connectivity index (χ4v) is 16.0. The number of hydrogen-bond donors (Lipinski definition) is 4. The van der Waals surface area contributed by atoms with Crippen LogP contribution in [0.25, 0.3) is 0 Å². The summed E-state index contributed by atoms with van der Waals surface area (Å²) in [5.41, 5.74) is 0.912. The van der Waals surface area contributed by atoms with Gasteiger partial charge in [-0.25, -0.2) is 0 Å². The van der Waals surface area contributed by atoms with Gasteiger partial charge >= 0.3 is 42.1 Å². The average molecular weight is 1280 g/mol. The van der Waals surface area contributed by atoms with Gasteiger partial charge < -0.3 is 90.5 Å². The Morgan fingerprint density at radius 2 is 0.450 bits per heavy atom. The molecular weight excluding hydrogens is 1210 g/mol. The van der Waals surface area contributed by atoms with Crippen LogP contribution in [0.4, 0.5) is 0 Å². The van der Waals surface area contributed by atoms with Crippen molar-refractivity contribution in [2.24, 2.45) is 10.8 Å². The maximum absolute atomic E-state index is 10.1. The quantitative estimate of drug-likeness (QED) is 0.0674. The predicted octanol–water partition coefficient (Wildman–Crippen LogP) is -7.24. The molecule has 0 spiro atoms. The van der Waals surface area contributed by atoms with Crippen molar-refractivity contribution in [1.29, 1.82) is 0 Å². The first-order valence-electron chi connectivity index (χ1n) is 24.1. The minimum Gasteiger partial charge on any atom is -0.0622 e. The summed E-state index contributed by atoms with van der Waals surface area (Å²) in [6.07, 6.45) is 2.07. The maximum Gasteiger partial charge on any atom is 0.116 e. The minimum absolute atomic E-state index is 0. The molecule has 8 aromatic rings. The van der Waals surface area contributed by atoms with Gasteiger partial charge in [0.15, 0.2) is 0 Å². The largest absolute Gasteiger partial charge is 0.116 e. The van der Waals surface area contributed by atoms with Crippen LogP contribution in [-0.4, -0.2) is 74.3 Å². The van der Waals surface area contributed by atoms with E-state index in [9.17, 15) is 20.4 Å². The van der Waals surface area contributed by atoms with E-state index in [1.54, 1.807) is 0 Å². The molecular formula is C62H72Cl4O10P2V2-6. The zero-order valence-electron chi connectivity index (χ0n) is 45.3. The van der Waals surface area contributed by atoms with Gasteiger partial charge in [0.2, 0.25) is 0 Å². The molecule has 0 aliphatic carbocycles. The molecule has 80 heavy (non-hydrogen) atoms. The normalized spacial score (nSPS) is 9.93. The van der Waals surface area contributed by atoms with Gasteiger partial charge in [-0.15, -0.1) is 26.4 Å². The van der Waals surface area contributed by atoms with E-state index in [0.29, 0.717) is 0 Å². The van der Waals surface area contributed by atoms with Gasteiger partial charge in [0.1, 0.15) is 46.4 Å². The van der Waals surface area contributed by atoms with Crippen molar-refractivity contribution in [2.45, 2.75) is 26.2 Å². The molecule has 4 N–H and O–H groups in total. The molecule has 0 aliphatic rings. The molecule has 0 amide bonds. The van der Waals surface area contributed by atoms with E-state index < -0.39 is 51.8 Å². The van der Waals surface area contributed by atoms with Crippen molar-refractivity contribution < 1.29 is 133 Å². The number of halogens is 4. The molecule has 8 aromatic carbocycles. The first-order valence-corrected chi connectivity index (χ1v) is 29.2. The third kappa shape index (κ3) is 25.8. The standard InChI is InChI=1S/2C25H22P.2C5H10O3.2CH4O.4ClH.2O.2V/c2*1-5-13-22(14-6-1)21-26(23-15-7-2-8-16-23,24-17-9-3-10-18-24)25-19-11-4-12-20-25;2*1-5(2-6,3-7)4-8;2*1-2;;;;;;;;/h2*1-20H,21H2;2*6H,2-4H2,1H3;2*2H,1H3;4*1H;;;;/q2*+1;2*-2;;;;;;;;;;/p-4. The van der Waals surface area contributed by atoms with Crippen LogP contribution >= 0.6 is 14.5 Å². The van der Waals surface area contributed by atoms with Crippen molar-refractivity contribution in [2.75, 3.05) is 53.9 Å². The summed E-state index contributed by atoms with van der Waals surface area (Å²) >= 11 is 2.12. The van der Waals surface area contributed by atoms with Gasteiger partial charge in [-0.1, -0.05) is 184 Å². The summed E-state index contributed by atoms with van der Waals surface area (Å²) in [5, 5.41) is 79.6.